The van der Waals surface area contributed by atoms with Crippen LogP contribution >= 0.6 is 0 Å². The molecule has 2 saturated heterocycles. The van der Waals surface area contributed by atoms with Crippen molar-refractivity contribution in [3.05, 3.63) is 23.8 Å². The van der Waals surface area contributed by atoms with Crippen LogP contribution in [0.5, 0.6) is 11.5 Å². The first-order chi connectivity index (χ1) is 14.2. The van der Waals surface area contributed by atoms with E-state index in [1.54, 1.807) is 7.11 Å². The second kappa shape index (κ2) is 12.4. The number of nitrogens with one attached hydrogen (secondary N) is 1. The van der Waals surface area contributed by atoms with Gasteiger partial charge in [-0.1, -0.05) is 12.5 Å². The van der Waals surface area contributed by atoms with Gasteiger partial charge >= 0.3 is 0 Å². The van der Waals surface area contributed by atoms with Gasteiger partial charge in [-0.05, 0) is 89.1 Å². The summed E-state index contributed by atoms with van der Waals surface area (Å²) >= 11 is 0. The Hall–Kier alpha value is -1.34. The van der Waals surface area contributed by atoms with Crippen molar-refractivity contribution in [3.8, 4) is 11.5 Å². The second-order valence-corrected chi connectivity index (χ2v) is 8.39. The highest BCUT2D eigenvalue weighted by Crippen LogP contribution is 2.28. The van der Waals surface area contributed by atoms with Gasteiger partial charge in [0.15, 0.2) is 11.5 Å². The Labute approximate surface area is 176 Å². The molecule has 2 aliphatic heterocycles. The summed E-state index contributed by atoms with van der Waals surface area (Å²) in [5.41, 5.74) is 1.17. The first-order valence-electron chi connectivity index (χ1n) is 11.4. The molecule has 1 atom stereocenters. The molecule has 0 aliphatic carbocycles. The van der Waals surface area contributed by atoms with Crippen molar-refractivity contribution in [2.75, 3.05) is 59.5 Å². The smallest absolute Gasteiger partial charge is 0.161 e. The number of nitrogens with zero attached hydrogens (tertiary/aromatic N) is 2. The van der Waals surface area contributed by atoms with Gasteiger partial charge in [0.1, 0.15) is 12.7 Å². The lowest BCUT2D eigenvalue weighted by molar-refractivity contribution is 0.0608. The zero-order chi connectivity index (χ0) is 20.3. The van der Waals surface area contributed by atoms with Crippen molar-refractivity contribution in [1.82, 2.24) is 15.1 Å². The fourth-order valence-corrected chi connectivity index (χ4v) is 4.29. The quantitative estimate of drug-likeness (QED) is 0.521. The maximum atomic E-state index is 10.4. The maximum absolute atomic E-state index is 10.4. The molecule has 1 aromatic carbocycles. The van der Waals surface area contributed by atoms with E-state index in [-0.39, 0.29) is 0 Å². The van der Waals surface area contributed by atoms with Crippen LogP contribution < -0.4 is 14.8 Å². The van der Waals surface area contributed by atoms with Gasteiger partial charge in [-0.25, -0.2) is 0 Å². The van der Waals surface area contributed by atoms with Crippen molar-refractivity contribution in [3.63, 3.8) is 0 Å². The summed E-state index contributed by atoms with van der Waals surface area (Å²) in [6.07, 6.45) is 7.18. The molecule has 0 radical (unpaired) electrons. The zero-order valence-corrected chi connectivity index (χ0v) is 18.1. The number of aliphatic hydroxyl groups excluding tert-OH is 1. The molecule has 6 nitrogen and oxygen atoms in total. The Morgan fingerprint density at radius 2 is 1.72 bits per heavy atom. The lowest BCUT2D eigenvalue weighted by Crippen LogP contribution is -2.38. The van der Waals surface area contributed by atoms with E-state index in [0.29, 0.717) is 24.7 Å². The first-order valence-corrected chi connectivity index (χ1v) is 11.4. The highest BCUT2D eigenvalue weighted by Gasteiger charge is 2.16. The van der Waals surface area contributed by atoms with Crippen LogP contribution in [0.1, 0.15) is 44.1 Å². The van der Waals surface area contributed by atoms with Crippen LogP contribution in [0.4, 0.5) is 0 Å². The van der Waals surface area contributed by atoms with Gasteiger partial charge in [0.25, 0.3) is 0 Å². The molecule has 1 unspecified atom stereocenters. The van der Waals surface area contributed by atoms with Gasteiger partial charge in [-0.3, -0.25) is 0 Å². The van der Waals surface area contributed by atoms with Gasteiger partial charge in [-0.15, -0.1) is 0 Å². The monoisotopic (exact) mass is 405 g/mol. The van der Waals surface area contributed by atoms with Gasteiger partial charge < -0.3 is 29.7 Å². The van der Waals surface area contributed by atoms with Crippen molar-refractivity contribution in [2.45, 2.75) is 51.2 Å². The van der Waals surface area contributed by atoms with E-state index in [2.05, 4.69) is 21.2 Å². The van der Waals surface area contributed by atoms with E-state index in [9.17, 15) is 5.11 Å². The highest BCUT2D eigenvalue weighted by molar-refractivity contribution is 5.43. The third kappa shape index (κ3) is 7.78. The lowest BCUT2D eigenvalue weighted by Gasteiger charge is -2.28. The van der Waals surface area contributed by atoms with Crippen LogP contribution in [0.3, 0.4) is 0 Å². The summed E-state index contributed by atoms with van der Waals surface area (Å²) in [7, 11) is 1.66. The number of aliphatic hydroxyl groups is 1. The van der Waals surface area contributed by atoms with Crippen LogP contribution in [0.15, 0.2) is 18.2 Å². The fourth-order valence-electron chi connectivity index (χ4n) is 4.29. The number of ether oxygens (including phenoxy) is 2. The second-order valence-electron chi connectivity index (χ2n) is 8.39. The van der Waals surface area contributed by atoms with Crippen molar-refractivity contribution in [1.29, 1.82) is 0 Å². The highest BCUT2D eigenvalue weighted by atomic mass is 16.5. The number of rotatable bonds is 12. The molecule has 2 N–H and O–H groups in total. The summed E-state index contributed by atoms with van der Waals surface area (Å²) in [4.78, 5) is 4.88. The molecule has 29 heavy (non-hydrogen) atoms. The minimum atomic E-state index is -0.481. The Balaban J connectivity index is 1.40. The number of piperidine rings is 1. The maximum Gasteiger partial charge on any atom is 0.161 e. The molecule has 2 fully saturated rings. The molecule has 0 bridgehead atoms. The molecule has 2 aliphatic rings. The van der Waals surface area contributed by atoms with E-state index in [1.165, 1.54) is 63.7 Å². The van der Waals surface area contributed by atoms with Crippen LogP contribution in [0.25, 0.3) is 0 Å². The van der Waals surface area contributed by atoms with Gasteiger partial charge in [0.2, 0.25) is 0 Å². The minimum Gasteiger partial charge on any atom is -0.493 e. The van der Waals surface area contributed by atoms with Gasteiger partial charge in [0.05, 0.1) is 7.11 Å². The number of hydrogen-bond donors (Lipinski definition) is 2. The number of benzene rings is 1. The van der Waals surface area contributed by atoms with E-state index in [4.69, 9.17) is 9.47 Å². The summed E-state index contributed by atoms with van der Waals surface area (Å²) in [6, 6.07) is 6.05. The predicted molar refractivity (Wildman–Crippen MR) is 117 cm³/mol. The molecule has 3 rings (SSSR count). The number of hydrogen-bond acceptors (Lipinski definition) is 6. The number of β-amino-alcohol motifs (C(OH)–C–C–N with tert-alkyl or cyclic N) is 1. The standard InChI is InChI=1S/C23H39N3O3/c1-28-22-9-8-20(17-24-10-7-15-25-11-5-6-12-25)16-23(22)29-19-21(27)18-26-13-3-2-4-14-26/h8-9,16,21,24,27H,2-7,10-15,17-19H2,1H3. The Bertz CT molecular complexity index is 587. The van der Waals surface area contributed by atoms with E-state index >= 15 is 0 Å². The summed E-state index contributed by atoms with van der Waals surface area (Å²) in [5.74, 6) is 1.43. The molecule has 0 amide bonds. The molecule has 2 heterocycles. The minimum absolute atomic E-state index is 0.291. The largest absolute Gasteiger partial charge is 0.493 e. The first kappa shape index (κ1) is 22.3. The molecule has 0 spiro atoms. The van der Waals surface area contributed by atoms with Gasteiger partial charge in [0, 0.05) is 13.1 Å². The van der Waals surface area contributed by atoms with Crippen LogP contribution in [0.2, 0.25) is 0 Å². The Morgan fingerprint density at radius 3 is 2.48 bits per heavy atom. The number of likely N-dealkylation sites (tertiary alicyclic amines) is 2. The average Bonchev–Trinajstić information content (AvgIpc) is 3.26. The van der Waals surface area contributed by atoms with Crippen LogP contribution in [-0.4, -0.2) is 80.5 Å². The van der Waals surface area contributed by atoms with E-state index in [0.717, 1.165) is 26.2 Å². The van der Waals surface area contributed by atoms with Crippen molar-refractivity contribution in [2.24, 2.45) is 0 Å². The molecule has 0 aromatic heterocycles. The molecular formula is C23H39N3O3. The molecule has 1 aromatic rings. The topological polar surface area (TPSA) is 57.2 Å². The molecular weight excluding hydrogens is 366 g/mol. The molecule has 0 saturated carbocycles. The van der Waals surface area contributed by atoms with Crippen molar-refractivity contribution < 1.29 is 14.6 Å². The lowest BCUT2D eigenvalue weighted by atomic mass is 10.1. The molecule has 6 heteroatoms. The average molecular weight is 406 g/mol. The normalized spacial score (nSPS) is 19.4. The van der Waals surface area contributed by atoms with Gasteiger partial charge in [-0.2, -0.15) is 0 Å². The number of methoxy groups -OCH3 is 1. The zero-order valence-electron chi connectivity index (χ0n) is 18.1. The third-order valence-corrected chi connectivity index (χ3v) is 5.93. The van der Waals surface area contributed by atoms with Crippen molar-refractivity contribution >= 4 is 0 Å². The third-order valence-electron chi connectivity index (χ3n) is 5.93. The van der Waals surface area contributed by atoms with E-state index < -0.39 is 6.10 Å². The van der Waals surface area contributed by atoms with E-state index in [1.807, 2.05) is 12.1 Å². The Morgan fingerprint density at radius 1 is 1.00 bits per heavy atom. The predicted octanol–water partition coefficient (Wildman–Crippen LogP) is 2.50. The van der Waals surface area contributed by atoms with Crippen LogP contribution in [0, 0.1) is 0 Å². The Kier molecular flexibility index (Phi) is 9.54. The summed E-state index contributed by atoms with van der Waals surface area (Å²) < 4.78 is 11.4. The SMILES string of the molecule is COc1ccc(CNCCCN2CCCC2)cc1OCC(O)CN1CCCCC1. The summed E-state index contributed by atoms with van der Waals surface area (Å²) in [6.45, 7) is 8.70. The molecule has 164 valence electrons. The summed E-state index contributed by atoms with van der Waals surface area (Å²) in [5, 5.41) is 13.9. The van der Waals surface area contributed by atoms with Crippen LogP contribution in [-0.2, 0) is 6.54 Å². The fraction of sp³-hybridized carbons (Fsp3) is 0.739.